The Morgan fingerprint density at radius 3 is 2.94 bits per heavy atom. The van der Waals surface area contributed by atoms with Crippen molar-refractivity contribution >= 4 is 0 Å². The Morgan fingerprint density at radius 1 is 1.56 bits per heavy atom. The monoisotopic (exact) mass is 253 g/mol. The second-order valence-corrected chi connectivity index (χ2v) is 4.97. The molecular weight excluding hydrogens is 233 g/mol. The van der Waals surface area contributed by atoms with Crippen LogP contribution in [-0.2, 0) is 4.74 Å². The standard InChI is InChI=1S/C14H20FNO2/c1-9-5-14(12(10(2)16)6-13(9)15)18-8-11-3-4-17-7-11/h5-6,10-11H,3-4,7-8,16H2,1-2H3/t10-,11?/m1/s1. The summed E-state index contributed by atoms with van der Waals surface area (Å²) >= 11 is 0. The van der Waals surface area contributed by atoms with Crippen molar-refractivity contribution < 1.29 is 13.9 Å². The molecule has 0 amide bonds. The SMILES string of the molecule is Cc1cc(OCC2CCOC2)c([C@@H](C)N)cc1F. The highest BCUT2D eigenvalue weighted by Crippen LogP contribution is 2.28. The van der Waals surface area contributed by atoms with Gasteiger partial charge in [-0.2, -0.15) is 0 Å². The Balaban J connectivity index is 2.12. The van der Waals surface area contributed by atoms with Gasteiger partial charge in [-0.3, -0.25) is 0 Å². The third kappa shape index (κ3) is 3.00. The predicted molar refractivity (Wildman–Crippen MR) is 68.2 cm³/mol. The largest absolute Gasteiger partial charge is 0.493 e. The van der Waals surface area contributed by atoms with Crippen molar-refractivity contribution in [3.05, 3.63) is 29.1 Å². The van der Waals surface area contributed by atoms with Crippen molar-refractivity contribution in [1.29, 1.82) is 0 Å². The predicted octanol–water partition coefficient (Wildman–Crippen LogP) is 2.57. The van der Waals surface area contributed by atoms with Gasteiger partial charge in [0.15, 0.2) is 0 Å². The quantitative estimate of drug-likeness (QED) is 0.897. The lowest BCUT2D eigenvalue weighted by Gasteiger charge is -2.17. The zero-order chi connectivity index (χ0) is 13.1. The van der Waals surface area contributed by atoms with Crippen LogP contribution in [0.5, 0.6) is 5.75 Å². The first-order valence-corrected chi connectivity index (χ1v) is 6.34. The van der Waals surface area contributed by atoms with E-state index in [4.69, 9.17) is 15.2 Å². The van der Waals surface area contributed by atoms with Crippen LogP contribution in [0.2, 0.25) is 0 Å². The summed E-state index contributed by atoms with van der Waals surface area (Å²) in [7, 11) is 0. The van der Waals surface area contributed by atoms with Gasteiger partial charge in [-0.05, 0) is 38.0 Å². The number of nitrogens with two attached hydrogens (primary N) is 1. The smallest absolute Gasteiger partial charge is 0.126 e. The van der Waals surface area contributed by atoms with E-state index in [2.05, 4.69) is 0 Å². The average Bonchev–Trinajstić information content (AvgIpc) is 2.83. The molecule has 0 radical (unpaired) electrons. The lowest BCUT2D eigenvalue weighted by Crippen LogP contribution is -2.15. The Labute approximate surface area is 107 Å². The molecule has 1 aliphatic rings. The van der Waals surface area contributed by atoms with Gasteiger partial charge >= 0.3 is 0 Å². The van der Waals surface area contributed by atoms with Crippen molar-refractivity contribution in [1.82, 2.24) is 0 Å². The summed E-state index contributed by atoms with van der Waals surface area (Å²) in [6.45, 7) is 5.70. The van der Waals surface area contributed by atoms with Crippen molar-refractivity contribution in [2.75, 3.05) is 19.8 Å². The molecule has 0 bridgehead atoms. The maximum atomic E-state index is 13.5. The number of rotatable bonds is 4. The van der Waals surface area contributed by atoms with Crippen LogP contribution < -0.4 is 10.5 Å². The van der Waals surface area contributed by atoms with Crippen LogP contribution in [0, 0.1) is 18.7 Å². The number of hydrogen-bond acceptors (Lipinski definition) is 3. The highest BCUT2D eigenvalue weighted by molar-refractivity contribution is 5.39. The van der Waals surface area contributed by atoms with Crippen LogP contribution in [0.15, 0.2) is 12.1 Å². The minimum Gasteiger partial charge on any atom is -0.493 e. The molecular formula is C14H20FNO2. The lowest BCUT2D eigenvalue weighted by atomic mass is 10.0. The third-order valence-electron chi connectivity index (χ3n) is 3.28. The first-order valence-electron chi connectivity index (χ1n) is 6.34. The van der Waals surface area contributed by atoms with Gasteiger partial charge in [0.05, 0.1) is 13.2 Å². The van der Waals surface area contributed by atoms with E-state index in [1.165, 1.54) is 6.07 Å². The molecule has 1 fully saturated rings. The molecule has 1 unspecified atom stereocenters. The molecule has 0 aromatic heterocycles. The van der Waals surface area contributed by atoms with Crippen LogP contribution in [0.1, 0.15) is 30.5 Å². The van der Waals surface area contributed by atoms with Gasteiger partial charge in [0.1, 0.15) is 11.6 Å². The van der Waals surface area contributed by atoms with Crippen molar-refractivity contribution in [2.24, 2.45) is 11.7 Å². The molecule has 1 aromatic rings. The summed E-state index contributed by atoms with van der Waals surface area (Å²) in [6, 6.07) is 2.96. The van der Waals surface area contributed by atoms with E-state index < -0.39 is 0 Å². The molecule has 0 aliphatic carbocycles. The molecule has 0 saturated carbocycles. The van der Waals surface area contributed by atoms with Gasteiger partial charge in [0.2, 0.25) is 0 Å². The van der Waals surface area contributed by atoms with Crippen molar-refractivity contribution in [3.8, 4) is 5.75 Å². The van der Waals surface area contributed by atoms with E-state index >= 15 is 0 Å². The topological polar surface area (TPSA) is 44.5 Å². The minimum atomic E-state index is -0.241. The second-order valence-electron chi connectivity index (χ2n) is 4.97. The Hall–Kier alpha value is -1.13. The van der Waals surface area contributed by atoms with Gasteiger partial charge in [0.25, 0.3) is 0 Å². The average molecular weight is 253 g/mol. The van der Waals surface area contributed by atoms with E-state index in [1.807, 2.05) is 6.92 Å². The summed E-state index contributed by atoms with van der Waals surface area (Å²) in [6.07, 6.45) is 1.02. The number of aryl methyl sites for hydroxylation is 1. The first kappa shape index (κ1) is 13.3. The van der Waals surface area contributed by atoms with Gasteiger partial charge in [-0.25, -0.2) is 4.39 Å². The summed E-state index contributed by atoms with van der Waals surface area (Å²) in [4.78, 5) is 0. The van der Waals surface area contributed by atoms with Crippen LogP contribution in [0.3, 0.4) is 0 Å². The molecule has 18 heavy (non-hydrogen) atoms. The van der Waals surface area contributed by atoms with Crippen molar-refractivity contribution in [2.45, 2.75) is 26.3 Å². The summed E-state index contributed by atoms with van der Waals surface area (Å²) in [5, 5.41) is 0. The van der Waals surface area contributed by atoms with Gasteiger partial charge in [-0.1, -0.05) is 0 Å². The second kappa shape index (κ2) is 5.67. The molecule has 4 heteroatoms. The Morgan fingerprint density at radius 2 is 2.33 bits per heavy atom. The van der Waals surface area contributed by atoms with Gasteiger partial charge < -0.3 is 15.2 Å². The summed E-state index contributed by atoms with van der Waals surface area (Å²) < 4.78 is 24.6. The highest BCUT2D eigenvalue weighted by Gasteiger charge is 2.18. The fraction of sp³-hybridized carbons (Fsp3) is 0.571. The molecule has 1 heterocycles. The fourth-order valence-electron chi connectivity index (χ4n) is 2.07. The zero-order valence-electron chi connectivity index (χ0n) is 10.9. The molecule has 100 valence electrons. The minimum absolute atomic E-state index is 0.237. The van der Waals surface area contributed by atoms with Crippen LogP contribution in [0.25, 0.3) is 0 Å². The summed E-state index contributed by atoms with van der Waals surface area (Å²) in [5.41, 5.74) is 7.15. The Kier molecular flexibility index (Phi) is 4.19. The molecule has 1 saturated heterocycles. The van der Waals surface area contributed by atoms with E-state index in [0.29, 0.717) is 23.8 Å². The fourth-order valence-corrected chi connectivity index (χ4v) is 2.07. The van der Waals surface area contributed by atoms with E-state index in [-0.39, 0.29) is 11.9 Å². The number of halogens is 1. The maximum absolute atomic E-state index is 13.5. The van der Waals surface area contributed by atoms with Gasteiger partial charge in [0, 0.05) is 24.1 Å². The molecule has 2 rings (SSSR count). The molecule has 1 aliphatic heterocycles. The normalized spacial score (nSPS) is 21.0. The highest BCUT2D eigenvalue weighted by atomic mass is 19.1. The van der Waals surface area contributed by atoms with Gasteiger partial charge in [-0.15, -0.1) is 0 Å². The molecule has 2 atom stereocenters. The number of benzene rings is 1. The van der Waals surface area contributed by atoms with E-state index in [1.54, 1.807) is 13.0 Å². The van der Waals surface area contributed by atoms with Crippen LogP contribution in [0.4, 0.5) is 4.39 Å². The zero-order valence-corrected chi connectivity index (χ0v) is 10.9. The Bertz CT molecular complexity index is 415. The lowest BCUT2D eigenvalue weighted by molar-refractivity contribution is 0.166. The van der Waals surface area contributed by atoms with E-state index in [9.17, 15) is 4.39 Å². The number of ether oxygens (including phenoxy) is 2. The van der Waals surface area contributed by atoms with E-state index in [0.717, 1.165) is 25.2 Å². The maximum Gasteiger partial charge on any atom is 0.126 e. The van der Waals surface area contributed by atoms with Crippen molar-refractivity contribution in [3.63, 3.8) is 0 Å². The number of hydrogen-bond donors (Lipinski definition) is 1. The third-order valence-corrected chi connectivity index (χ3v) is 3.28. The molecule has 2 N–H and O–H groups in total. The van der Waals surface area contributed by atoms with Crippen LogP contribution in [-0.4, -0.2) is 19.8 Å². The molecule has 3 nitrogen and oxygen atoms in total. The molecule has 0 spiro atoms. The summed E-state index contributed by atoms with van der Waals surface area (Å²) in [5.74, 6) is 0.880. The first-order chi connectivity index (χ1) is 8.58. The molecule has 1 aromatic carbocycles. The van der Waals surface area contributed by atoms with Crippen LogP contribution >= 0.6 is 0 Å².